The van der Waals surface area contributed by atoms with E-state index in [1.165, 1.54) is 23.5 Å². The van der Waals surface area contributed by atoms with Crippen LogP contribution in [0.15, 0.2) is 24.3 Å². The number of rotatable bonds is 2. The lowest BCUT2D eigenvalue weighted by atomic mass is 10.2. The fourth-order valence-corrected chi connectivity index (χ4v) is 2.34. The lowest BCUT2D eigenvalue weighted by molar-refractivity contribution is -0.0588. The van der Waals surface area contributed by atoms with Crippen molar-refractivity contribution in [1.82, 2.24) is 5.48 Å². The minimum Gasteiger partial charge on any atom is -0.268 e. The Morgan fingerprint density at radius 2 is 2.06 bits per heavy atom. The van der Waals surface area contributed by atoms with Gasteiger partial charge in [-0.1, -0.05) is 6.07 Å². The number of halogens is 1. The number of benzene rings is 1. The summed E-state index contributed by atoms with van der Waals surface area (Å²) in [6.45, 7) is 5.52. The van der Waals surface area contributed by atoms with Crippen molar-refractivity contribution in [3.63, 3.8) is 0 Å². The maximum atomic E-state index is 13.0. The summed E-state index contributed by atoms with van der Waals surface area (Å²) in [6, 6.07) is 6.17. The number of hydrogen-bond donors (Lipinski definition) is 1. The van der Waals surface area contributed by atoms with Gasteiger partial charge in [0.25, 0.3) is 5.91 Å². The number of carbonyl (C=O) groups excluding carboxylic acids is 1. The quantitative estimate of drug-likeness (QED) is 0.846. The van der Waals surface area contributed by atoms with Crippen LogP contribution in [0.5, 0.6) is 0 Å². The summed E-state index contributed by atoms with van der Waals surface area (Å²) in [5.74, 6) is -0.617. The van der Waals surface area contributed by atoms with Crippen molar-refractivity contribution in [3.05, 3.63) is 35.0 Å². The van der Waals surface area contributed by atoms with E-state index in [-0.39, 0.29) is 11.7 Å². The van der Waals surface area contributed by atoms with Crippen molar-refractivity contribution < 1.29 is 14.0 Å². The molecular formula is C13H14FNO2S. The van der Waals surface area contributed by atoms with E-state index in [4.69, 9.17) is 4.84 Å². The number of nitrogens with one attached hydrogen (secondary N) is 1. The summed E-state index contributed by atoms with van der Waals surface area (Å²) in [5, 5.41) is 0.849. The SMILES string of the molecule is CC(C)(C)ONC(=O)c1cc2ccc(F)cc2s1. The van der Waals surface area contributed by atoms with Crippen LogP contribution in [0.3, 0.4) is 0 Å². The van der Waals surface area contributed by atoms with Crippen LogP contribution in [-0.4, -0.2) is 11.5 Å². The van der Waals surface area contributed by atoms with Gasteiger partial charge in [0.1, 0.15) is 5.82 Å². The van der Waals surface area contributed by atoms with Gasteiger partial charge in [-0.25, -0.2) is 9.87 Å². The first kappa shape index (κ1) is 13.0. The van der Waals surface area contributed by atoms with Gasteiger partial charge in [-0.2, -0.15) is 0 Å². The Bertz CT molecular complexity index is 586. The standard InChI is InChI=1S/C13H14FNO2S/c1-13(2,3)17-15-12(16)11-6-8-4-5-9(14)7-10(8)18-11/h4-7H,1-3H3,(H,15,16). The lowest BCUT2D eigenvalue weighted by Crippen LogP contribution is -2.33. The van der Waals surface area contributed by atoms with Crippen LogP contribution in [0.2, 0.25) is 0 Å². The van der Waals surface area contributed by atoms with Gasteiger partial charge in [0.05, 0.1) is 10.5 Å². The molecule has 1 amide bonds. The van der Waals surface area contributed by atoms with Gasteiger partial charge in [-0.05, 0) is 44.4 Å². The predicted octanol–water partition coefficient (Wildman–Crippen LogP) is 3.50. The highest BCUT2D eigenvalue weighted by Gasteiger charge is 2.15. The van der Waals surface area contributed by atoms with Crippen molar-refractivity contribution in [2.75, 3.05) is 0 Å². The van der Waals surface area contributed by atoms with E-state index < -0.39 is 5.60 Å². The van der Waals surface area contributed by atoms with Crippen molar-refractivity contribution >= 4 is 27.3 Å². The molecule has 0 atom stereocenters. The molecule has 1 aromatic heterocycles. The Balaban J connectivity index is 2.18. The summed E-state index contributed by atoms with van der Waals surface area (Å²) in [4.78, 5) is 17.5. The molecule has 3 nitrogen and oxygen atoms in total. The largest absolute Gasteiger partial charge is 0.284 e. The Labute approximate surface area is 109 Å². The molecule has 0 aliphatic carbocycles. The molecule has 0 spiro atoms. The first-order chi connectivity index (χ1) is 8.35. The molecule has 0 fully saturated rings. The highest BCUT2D eigenvalue weighted by Crippen LogP contribution is 2.26. The van der Waals surface area contributed by atoms with E-state index in [0.29, 0.717) is 4.88 Å². The summed E-state index contributed by atoms with van der Waals surface area (Å²) >= 11 is 1.24. The van der Waals surface area contributed by atoms with Crippen LogP contribution in [0, 0.1) is 5.82 Å². The molecular weight excluding hydrogens is 253 g/mol. The normalized spacial score (nSPS) is 11.8. The van der Waals surface area contributed by atoms with E-state index in [1.807, 2.05) is 20.8 Å². The van der Waals surface area contributed by atoms with Crippen LogP contribution in [0.4, 0.5) is 4.39 Å². The third-order valence-electron chi connectivity index (χ3n) is 2.16. The van der Waals surface area contributed by atoms with Gasteiger partial charge >= 0.3 is 0 Å². The fraction of sp³-hybridized carbons (Fsp3) is 0.308. The molecule has 0 aliphatic heterocycles. The smallest absolute Gasteiger partial charge is 0.268 e. The van der Waals surface area contributed by atoms with Crippen LogP contribution >= 0.6 is 11.3 Å². The summed E-state index contributed by atoms with van der Waals surface area (Å²) in [6.07, 6.45) is 0. The lowest BCUT2D eigenvalue weighted by Gasteiger charge is -2.18. The van der Waals surface area contributed by atoms with Crippen LogP contribution in [-0.2, 0) is 4.84 Å². The molecule has 2 aromatic rings. The second-order valence-corrected chi connectivity index (χ2v) is 6.02. The number of carbonyl (C=O) groups is 1. The van der Waals surface area contributed by atoms with Crippen molar-refractivity contribution in [1.29, 1.82) is 0 Å². The number of amides is 1. The fourth-order valence-electron chi connectivity index (χ4n) is 1.37. The van der Waals surface area contributed by atoms with E-state index >= 15 is 0 Å². The van der Waals surface area contributed by atoms with Gasteiger partial charge in [-0.15, -0.1) is 11.3 Å². The molecule has 2 rings (SSSR count). The van der Waals surface area contributed by atoms with E-state index in [0.717, 1.165) is 10.1 Å². The first-order valence-corrected chi connectivity index (χ1v) is 6.34. The van der Waals surface area contributed by atoms with Gasteiger partial charge in [-0.3, -0.25) is 9.63 Å². The zero-order valence-electron chi connectivity index (χ0n) is 10.4. The molecule has 5 heteroatoms. The predicted molar refractivity (Wildman–Crippen MR) is 70.1 cm³/mol. The summed E-state index contributed by atoms with van der Waals surface area (Å²) in [5.41, 5.74) is 1.95. The Morgan fingerprint density at radius 3 is 2.72 bits per heavy atom. The Kier molecular flexibility index (Phi) is 3.36. The average molecular weight is 267 g/mol. The molecule has 0 bridgehead atoms. The molecule has 0 saturated carbocycles. The third-order valence-corrected chi connectivity index (χ3v) is 3.25. The molecule has 1 aromatic carbocycles. The van der Waals surface area contributed by atoms with Crippen LogP contribution in [0.1, 0.15) is 30.4 Å². The molecule has 0 radical (unpaired) electrons. The molecule has 0 aliphatic rings. The zero-order valence-corrected chi connectivity index (χ0v) is 11.2. The number of thiophene rings is 1. The minimum atomic E-state index is -0.446. The van der Waals surface area contributed by atoms with Crippen LogP contribution < -0.4 is 5.48 Å². The second kappa shape index (κ2) is 4.66. The van der Waals surface area contributed by atoms with Gasteiger partial charge < -0.3 is 0 Å². The van der Waals surface area contributed by atoms with E-state index in [2.05, 4.69) is 5.48 Å². The van der Waals surface area contributed by atoms with E-state index in [1.54, 1.807) is 12.1 Å². The maximum Gasteiger partial charge on any atom is 0.284 e. The van der Waals surface area contributed by atoms with Gasteiger partial charge in [0.15, 0.2) is 0 Å². The minimum absolute atomic E-state index is 0.303. The Hall–Kier alpha value is -1.46. The number of hydrogen-bond acceptors (Lipinski definition) is 3. The number of hydroxylamine groups is 1. The average Bonchev–Trinajstić information content (AvgIpc) is 2.67. The zero-order chi connectivity index (χ0) is 13.3. The molecule has 1 heterocycles. The van der Waals surface area contributed by atoms with Crippen molar-refractivity contribution in [2.24, 2.45) is 0 Å². The molecule has 0 unspecified atom stereocenters. The second-order valence-electron chi connectivity index (χ2n) is 4.94. The molecule has 18 heavy (non-hydrogen) atoms. The topological polar surface area (TPSA) is 38.3 Å². The van der Waals surface area contributed by atoms with Gasteiger partial charge in [0, 0.05) is 4.70 Å². The van der Waals surface area contributed by atoms with Gasteiger partial charge in [0.2, 0.25) is 0 Å². The molecule has 0 saturated heterocycles. The van der Waals surface area contributed by atoms with Crippen molar-refractivity contribution in [3.8, 4) is 0 Å². The highest BCUT2D eigenvalue weighted by atomic mass is 32.1. The Morgan fingerprint density at radius 1 is 1.33 bits per heavy atom. The van der Waals surface area contributed by atoms with Crippen LogP contribution in [0.25, 0.3) is 10.1 Å². The van der Waals surface area contributed by atoms with Crippen molar-refractivity contribution in [2.45, 2.75) is 26.4 Å². The molecule has 96 valence electrons. The number of fused-ring (bicyclic) bond motifs is 1. The molecule has 1 N–H and O–H groups in total. The summed E-state index contributed by atoms with van der Waals surface area (Å²) in [7, 11) is 0. The first-order valence-electron chi connectivity index (χ1n) is 5.52. The van der Waals surface area contributed by atoms with E-state index in [9.17, 15) is 9.18 Å². The third kappa shape index (κ3) is 3.05. The maximum absolute atomic E-state index is 13.0. The highest BCUT2D eigenvalue weighted by molar-refractivity contribution is 7.20. The summed E-state index contributed by atoms with van der Waals surface area (Å²) < 4.78 is 13.8. The monoisotopic (exact) mass is 267 g/mol.